The molecule has 0 amide bonds. The molecule has 0 bridgehead atoms. The van der Waals surface area contributed by atoms with E-state index in [1.165, 1.54) is 0 Å². The molecule has 8 nitrogen and oxygen atoms in total. The van der Waals surface area contributed by atoms with Gasteiger partial charge in [-0.15, -0.1) is 0 Å². The van der Waals surface area contributed by atoms with Gasteiger partial charge >= 0.3 is 23.9 Å². The quantitative estimate of drug-likeness (QED) is 0.487. The van der Waals surface area contributed by atoms with Crippen molar-refractivity contribution in [3.05, 3.63) is 24.3 Å². The van der Waals surface area contributed by atoms with Gasteiger partial charge in [-0.1, -0.05) is 6.58 Å². The summed E-state index contributed by atoms with van der Waals surface area (Å²) in [6.45, 7) is 2.96. The summed E-state index contributed by atoms with van der Waals surface area (Å²) in [5.74, 6) is -5.39. The fourth-order valence-electron chi connectivity index (χ4n) is 0.500. The number of rotatable bonds is 5. The predicted octanol–water partition coefficient (Wildman–Crippen LogP) is -0.186. The van der Waals surface area contributed by atoms with Gasteiger partial charge < -0.3 is 20.4 Å². The Morgan fingerprint density at radius 1 is 0.941 bits per heavy atom. The zero-order chi connectivity index (χ0) is 14.0. The molecule has 0 aromatic rings. The molecule has 0 aliphatic heterocycles. The number of aliphatic carboxylic acids is 4. The molecule has 0 unspecified atom stereocenters. The van der Waals surface area contributed by atoms with Crippen LogP contribution < -0.4 is 0 Å². The van der Waals surface area contributed by atoms with E-state index in [0.29, 0.717) is 6.08 Å². The number of hydrogen-bond donors (Lipinski definition) is 4. The summed E-state index contributed by atoms with van der Waals surface area (Å²) in [6.07, 6.45) is 0.387. The number of carbonyl (C=O) groups is 4. The number of carboxylic acids is 4. The molecule has 0 aliphatic carbocycles. The Kier molecular flexibility index (Phi) is 8.54. The predicted molar refractivity (Wildman–Crippen MR) is 53.4 cm³/mol. The first-order valence-corrected chi connectivity index (χ1v) is 3.94. The molecular weight excluding hydrogens is 236 g/mol. The maximum atomic E-state index is 10.2. The molecule has 0 radical (unpaired) electrons. The largest absolute Gasteiger partial charge is 0.481 e. The van der Waals surface area contributed by atoms with Gasteiger partial charge in [0, 0.05) is 12.2 Å². The lowest BCUT2D eigenvalue weighted by atomic mass is 10.2. The summed E-state index contributed by atoms with van der Waals surface area (Å²) in [5.41, 5.74) is -0.657. The average Bonchev–Trinajstić information content (AvgIpc) is 2.16. The van der Waals surface area contributed by atoms with Crippen molar-refractivity contribution in [2.24, 2.45) is 0 Å². The first-order valence-electron chi connectivity index (χ1n) is 3.94. The van der Waals surface area contributed by atoms with Gasteiger partial charge in [-0.3, -0.25) is 4.79 Å². The van der Waals surface area contributed by atoms with Crippen molar-refractivity contribution in [1.29, 1.82) is 0 Å². The van der Waals surface area contributed by atoms with Crippen LogP contribution in [0, 0.1) is 0 Å². The van der Waals surface area contributed by atoms with E-state index in [0.717, 1.165) is 6.08 Å². The smallest absolute Gasteiger partial charge is 0.332 e. The van der Waals surface area contributed by atoms with Crippen LogP contribution in [0.3, 0.4) is 0 Å². The minimum atomic E-state index is -1.54. The molecule has 0 saturated heterocycles. The molecule has 94 valence electrons. The fraction of sp³-hybridized carbons (Fsp3) is 0.111. The Morgan fingerprint density at radius 2 is 1.35 bits per heavy atom. The Morgan fingerprint density at radius 3 is 1.53 bits per heavy atom. The van der Waals surface area contributed by atoms with E-state index in [4.69, 9.17) is 20.4 Å². The van der Waals surface area contributed by atoms with E-state index in [1.54, 1.807) is 0 Å². The summed E-state index contributed by atoms with van der Waals surface area (Å²) in [7, 11) is 0. The Labute approximate surface area is 95.1 Å². The van der Waals surface area contributed by atoms with E-state index in [1.807, 2.05) is 0 Å². The SMILES string of the molecule is C=CC(=O)O.O=C(O)C=C(CC(=O)O)C(=O)O. The van der Waals surface area contributed by atoms with Gasteiger partial charge in [0.25, 0.3) is 0 Å². The van der Waals surface area contributed by atoms with Gasteiger partial charge in [0.1, 0.15) is 0 Å². The maximum Gasteiger partial charge on any atom is 0.332 e. The van der Waals surface area contributed by atoms with Crippen LogP contribution in [0.2, 0.25) is 0 Å². The van der Waals surface area contributed by atoms with Gasteiger partial charge in [-0.05, 0) is 0 Å². The van der Waals surface area contributed by atoms with Crippen LogP contribution >= 0.6 is 0 Å². The highest BCUT2D eigenvalue weighted by molar-refractivity contribution is 5.98. The van der Waals surface area contributed by atoms with Gasteiger partial charge in [0.2, 0.25) is 0 Å². The Hall–Kier alpha value is -2.64. The second-order valence-electron chi connectivity index (χ2n) is 2.43. The van der Waals surface area contributed by atoms with Crippen LogP contribution in [0.4, 0.5) is 0 Å². The van der Waals surface area contributed by atoms with E-state index in [-0.39, 0.29) is 0 Å². The lowest BCUT2D eigenvalue weighted by molar-refractivity contribution is -0.140. The van der Waals surface area contributed by atoms with E-state index in [9.17, 15) is 19.2 Å². The maximum absolute atomic E-state index is 10.2. The second-order valence-corrected chi connectivity index (χ2v) is 2.43. The fourth-order valence-corrected chi connectivity index (χ4v) is 0.500. The molecular formula is C9H10O8. The molecule has 0 aromatic heterocycles. The monoisotopic (exact) mass is 246 g/mol. The van der Waals surface area contributed by atoms with Gasteiger partial charge in [0.15, 0.2) is 0 Å². The normalized spacial score (nSPS) is 9.53. The van der Waals surface area contributed by atoms with Gasteiger partial charge in [0.05, 0.1) is 12.0 Å². The first-order chi connectivity index (χ1) is 7.70. The highest BCUT2D eigenvalue weighted by Crippen LogP contribution is 2.00. The molecule has 0 rings (SSSR count). The van der Waals surface area contributed by atoms with Crippen molar-refractivity contribution in [2.45, 2.75) is 6.42 Å². The van der Waals surface area contributed by atoms with Crippen LogP contribution in [-0.4, -0.2) is 44.3 Å². The second kappa shape index (κ2) is 8.65. The van der Waals surface area contributed by atoms with E-state index >= 15 is 0 Å². The number of carboxylic acid groups (broad SMARTS) is 4. The van der Waals surface area contributed by atoms with Crippen molar-refractivity contribution in [3.8, 4) is 0 Å². The Bertz CT molecular complexity index is 365. The zero-order valence-electron chi connectivity index (χ0n) is 8.49. The lowest BCUT2D eigenvalue weighted by Gasteiger charge is -1.94. The van der Waals surface area contributed by atoms with Crippen LogP contribution in [0.5, 0.6) is 0 Å². The Balaban J connectivity index is 0. The zero-order valence-corrected chi connectivity index (χ0v) is 8.49. The first kappa shape index (κ1) is 16.8. The molecule has 8 heteroatoms. The third kappa shape index (κ3) is 13.4. The van der Waals surface area contributed by atoms with Crippen molar-refractivity contribution in [2.75, 3.05) is 0 Å². The third-order valence-electron chi connectivity index (χ3n) is 1.09. The van der Waals surface area contributed by atoms with Crippen molar-refractivity contribution >= 4 is 23.9 Å². The van der Waals surface area contributed by atoms with Crippen LogP contribution in [0.15, 0.2) is 24.3 Å². The number of hydrogen-bond acceptors (Lipinski definition) is 4. The van der Waals surface area contributed by atoms with Crippen LogP contribution in [0.25, 0.3) is 0 Å². The molecule has 17 heavy (non-hydrogen) atoms. The van der Waals surface area contributed by atoms with E-state index < -0.39 is 35.9 Å². The average molecular weight is 246 g/mol. The molecule has 4 N–H and O–H groups in total. The standard InChI is InChI=1S/C6H6O6.C3H4O2/c7-4(8)1-3(6(11)12)2-5(9)10;1-2-3(4)5/h1H,2H2,(H,7,8)(H,9,10)(H,11,12);2H,1H2,(H,4,5). The topological polar surface area (TPSA) is 149 Å². The van der Waals surface area contributed by atoms with Crippen LogP contribution in [0.1, 0.15) is 6.42 Å². The van der Waals surface area contributed by atoms with Crippen molar-refractivity contribution in [3.63, 3.8) is 0 Å². The van der Waals surface area contributed by atoms with Gasteiger partial charge in [-0.25, -0.2) is 14.4 Å². The molecule has 0 saturated carbocycles. The van der Waals surface area contributed by atoms with E-state index in [2.05, 4.69) is 6.58 Å². The highest BCUT2D eigenvalue weighted by Gasteiger charge is 2.12. The van der Waals surface area contributed by atoms with Crippen molar-refractivity contribution < 1.29 is 39.6 Å². The summed E-state index contributed by atoms with van der Waals surface area (Å²) in [6, 6.07) is 0. The van der Waals surface area contributed by atoms with Crippen LogP contribution in [-0.2, 0) is 19.2 Å². The minimum absolute atomic E-state index is 0.358. The molecule has 0 atom stereocenters. The molecule has 0 aromatic carbocycles. The lowest BCUT2D eigenvalue weighted by Crippen LogP contribution is -2.08. The summed E-state index contributed by atoms with van der Waals surface area (Å²) < 4.78 is 0. The summed E-state index contributed by atoms with van der Waals surface area (Å²) >= 11 is 0. The van der Waals surface area contributed by atoms with Crippen molar-refractivity contribution in [1.82, 2.24) is 0 Å². The van der Waals surface area contributed by atoms with Gasteiger partial charge in [-0.2, -0.15) is 0 Å². The summed E-state index contributed by atoms with van der Waals surface area (Å²) in [5, 5.41) is 32.1. The summed E-state index contributed by atoms with van der Waals surface area (Å²) in [4.78, 5) is 39.4. The molecule has 0 spiro atoms. The minimum Gasteiger partial charge on any atom is -0.481 e. The molecule has 0 fully saturated rings. The molecule has 0 aliphatic rings. The highest BCUT2D eigenvalue weighted by atomic mass is 16.4. The molecule has 0 heterocycles. The third-order valence-corrected chi connectivity index (χ3v) is 1.09.